The summed E-state index contributed by atoms with van der Waals surface area (Å²) >= 11 is 0. The van der Waals surface area contributed by atoms with Crippen molar-refractivity contribution in [2.24, 2.45) is 11.7 Å². The van der Waals surface area contributed by atoms with Gasteiger partial charge in [-0.3, -0.25) is 14.4 Å². The third-order valence-electron chi connectivity index (χ3n) is 7.96. The van der Waals surface area contributed by atoms with Crippen LogP contribution in [0.2, 0.25) is 0 Å². The monoisotopic (exact) mass is 701 g/mol. The number of hydrogen-bond donors (Lipinski definition) is 3. The normalized spacial score (nSPS) is 16.4. The Morgan fingerprint density at radius 3 is 2.35 bits per heavy atom. The van der Waals surface area contributed by atoms with Gasteiger partial charge in [-0.05, 0) is 73.0 Å². The number of amides is 4. The molecule has 0 unspecified atom stereocenters. The molecular weight excluding hydrogens is 664 g/mol. The number of sulfone groups is 1. The Morgan fingerprint density at radius 1 is 1.04 bits per heavy atom. The third-order valence-corrected chi connectivity index (χ3v) is 9.13. The molecule has 0 bridgehead atoms. The lowest BCUT2D eigenvalue weighted by Gasteiger charge is -2.33. The number of hydrogen-bond acceptors (Lipinski definition) is 9. The molecule has 4 N–H and O–H groups in total. The Hall–Kier alpha value is -5.25. The van der Waals surface area contributed by atoms with Gasteiger partial charge >= 0.3 is 12.0 Å². The smallest absolute Gasteiger partial charge is 0.321 e. The van der Waals surface area contributed by atoms with E-state index in [0.717, 1.165) is 30.5 Å². The maximum Gasteiger partial charge on any atom is 0.321 e. The fourth-order valence-electron chi connectivity index (χ4n) is 5.60. The van der Waals surface area contributed by atoms with Gasteiger partial charge in [-0.25, -0.2) is 22.0 Å². The first-order valence-corrected chi connectivity index (χ1v) is 16.9. The molecule has 49 heavy (non-hydrogen) atoms. The molecule has 0 saturated carbocycles. The van der Waals surface area contributed by atoms with Crippen LogP contribution in [0.5, 0.6) is 5.75 Å². The minimum absolute atomic E-state index is 0.00288. The van der Waals surface area contributed by atoms with Crippen LogP contribution >= 0.6 is 0 Å². The molecule has 3 aromatic carbocycles. The molecule has 1 aliphatic rings. The molecule has 3 atom stereocenters. The van der Waals surface area contributed by atoms with Crippen LogP contribution < -0.4 is 21.1 Å². The van der Waals surface area contributed by atoms with Gasteiger partial charge in [-0.1, -0.05) is 6.07 Å². The van der Waals surface area contributed by atoms with Crippen LogP contribution in [-0.2, 0) is 24.2 Å². The van der Waals surface area contributed by atoms with E-state index < -0.39 is 63.3 Å². The summed E-state index contributed by atoms with van der Waals surface area (Å²) < 4.78 is 66.3. The minimum atomic E-state index is -3.98. The lowest BCUT2D eigenvalue weighted by Crippen LogP contribution is -2.40. The average molecular weight is 702 g/mol. The van der Waals surface area contributed by atoms with Gasteiger partial charge < -0.3 is 35.6 Å². The Morgan fingerprint density at radius 2 is 1.73 bits per heavy atom. The number of carbonyl (C=O) groups is 4. The molecule has 13 nitrogen and oxygen atoms in total. The number of benzene rings is 3. The topological polar surface area (TPSA) is 177 Å². The summed E-state index contributed by atoms with van der Waals surface area (Å²) in [6.07, 6.45) is 1.02. The van der Waals surface area contributed by atoms with E-state index in [1.54, 1.807) is 6.92 Å². The zero-order valence-corrected chi connectivity index (χ0v) is 28.3. The van der Waals surface area contributed by atoms with Gasteiger partial charge in [-0.15, -0.1) is 0 Å². The van der Waals surface area contributed by atoms with E-state index in [1.807, 2.05) is 0 Å². The number of rotatable bonds is 11. The lowest BCUT2D eigenvalue weighted by atomic mass is 9.92. The van der Waals surface area contributed by atoms with Crippen LogP contribution in [0.4, 0.5) is 25.0 Å². The molecule has 262 valence electrons. The molecule has 16 heteroatoms. The van der Waals surface area contributed by atoms with Crippen LogP contribution in [-0.4, -0.2) is 82.6 Å². The highest BCUT2D eigenvalue weighted by Gasteiger charge is 2.46. The zero-order chi connectivity index (χ0) is 36.2. The molecule has 1 fully saturated rings. The van der Waals surface area contributed by atoms with E-state index >= 15 is 4.39 Å². The SMILES string of the molecule is CCOC(=O)[C@H]1CCN(C(=O)[C@@H](Nc2cc(C(N)=O)ccc2F)c2ccc(F)c(OC)c2)[C@H]1c1cc(NC(=O)N(C)C)ccc1S(C)(=O)=O. The van der Waals surface area contributed by atoms with Crippen LogP contribution in [0.25, 0.3) is 0 Å². The number of anilines is 2. The summed E-state index contributed by atoms with van der Waals surface area (Å²) in [4.78, 5) is 54.8. The summed E-state index contributed by atoms with van der Waals surface area (Å²) in [5, 5.41) is 5.44. The van der Waals surface area contributed by atoms with Crippen molar-refractivity contribution in [2.45, 2.75) is 30.3 Å². The molecule has 0 aromatic heterocycles. The fraction of sp³-hybridized carbons (Fsp3) is 0.333. The van der Waals surface area contributed by atoms with Gasteiger partial charge in [0.15, 0.2) is 21.4 Å². The number of halogens is 2. The number of likely N-dealkylation sites (tertiary alicyclic amines) is 1. The average Bonchev–Trinajstić information content (AvgIpc) is 3.49. The van der Waals surface area contributed by atoms with Crippen LogP contribution in [0.1, 0.15) is 46.9 Å². The highest BCUT2D eigenvalue weighted by atomic mass is 32.2. The molecular formula is C33H37F2N5O8S. The second-order valence-electron chi connectivity index (χ2n) is 11.5. The summed E-state index contributed by atoms with van der Waals surface area (Å²) in [5.74, 6) is -5.19. The Labute approximate surface area is 282 Å². The first kappa shape index (κ1) is 36.6. The second kappa shape index (κ2) is 14.9. The van der Waals surface area contributed by atoms with E-state index in [1.165, 1.54) is 61.3 Å². The number of primary amides is 1. The molecule has 4 amide bonds. The van der Waals surface area contributed by atoms with Gasteiger partial charge in [-0.2, -0.15) is 0 Å². The van der Waals surface area contributed by atoms with E-state index in [0.29, 0.717) is 0 Å². The van der Waals surface area contributed by atoms with E-state index in [2.05, 4.69) is 10.6 Å². The highest BCUT2D eigenvalue weighted by Crippen LogP contribution is 2.43. The lowest BCUT2D eigenvalue weighted by molar-refractivity contribution is -0.149. The fourth-order valence-corrected chi connectivity index (χ4v) is 6.53. The van der Waals surface area contributed by atoms with Gasteiger partial charge in [0.25, 0.3) is 0 Å². The largest absolute Gasteiger partial charge is 0.494 e. The van der Waals surface area contributed by atoms with E-state index in [4.69, 9.17) is 15.2 Å². The van der Waals surface area contributed by atoms with Crippen molar-refractivity contribution in [2.75, 3.05) is 51.2 Å². The number of nitrogens with zero attached hydrogens (tertiary/aromatic N) is 2. The predicted octanol–water partition coefficient (Wildman–Crippen LogP) is 3.88. The summed E-state index contributed by atoms with van der Waals surface area (Å²) in [6.45, 7) is 1.52. The van der Waals surface area contributed by atoms with Crippen molar-refractivity contribution >= 4 is 45.0 Å². The third kappa shape index (κ3) is 8.08. The van der Waals surface area contributed by atoms with E-state index in [-0.39, 0.29) is 58.3 Å². The standard InChI is InChI=1S/C33H37F2N5O8S/c1-6-48-32(43)21-13-14-40(29(21)22-17-20(37-33(44)39(2)3)9-12-27(22)49(5,45)46)31(42)28(18-7-11-24(35)26(16-18)47-4)38-25-15-19(30(36)41)8-10-23(25)34/h7-12,15-17,21,28-29,38H,6,13-14H2,1-5H3,(H2,36,41)(H,37,44)/t21-,28-,29+/m0/s1. The molecule has 0 aliphatic carbocycles. The summed E-state index contributed by atoms with van der Waals surface area (Å²) in [6, 6.07) is 7.57. The van der Waals surface area contributed by atoms with Crippen LogP contribution in [0, 0.1) is 17.6 Å². The van der Waals surface area contributed by atoms with Gasteiger partial charge in [0.05, 0.1) is 36.3 Å². The number of nitrogens with two attached hydrogens (primary N) is 1. The van der Waals surface area contributed by atoms with Crippen molar-refractivity contribution in [3.8, 4) is 5.75 Å². The van der Waals surface area contributed by atoms with Gasteiger partial charge in [0.2, 0.25) is 11.8 Å². The number of urea groups is 1. The Bertz CT molecular complexity index is 1890. The van der Waals surface area contributed by atoms with Crippen molar-refractivity contribution in [3.63, 3.8) is 0 Å². The first-order chi connectivity index (χ1) is 23.1. The Kier molecular flexibility index (Phi) is 11.1. The van der Waals surface area contributed by atoms with Crippen molar-refractivity contribution in [1.82, 2.24) is 9.80 Å². The molecule has 1 saturated heterocycles. The number of nitrogens with one attached hydrogen (secondary N) is 2. The predicted molar refractivity (Wildman–Crippen MR) is 176 cm³/mol. The van der Waals surface area contributed by atoms with Crippen molar-refractivity contribution in [1.29, 1.82) is 0 Å². The van der Waals surface area contributed by atoms with Gasteiger partial charge in [0, 0.05) is 38.1 Å². The second-order valence-corrected chi connectivity index (χ2v) is 13.5. The van der Waals surface area contributed by atoms with E-state index in [9.17, 15) is 32.0 Å². The molecule has 0 radical (unpaired) electrons. The maximum absolute atomic E-state index is 15.2. The molecule has 1 heterocycles. The molecule has 3 aromatic rings. The van der Waals surface area contributed by atoms with Crippen LogP contribution in [0.3, 0.4) is 0 Å². The molecule has 1 aliphatic heterocycles. The van der Waals surface area contributed by atoms with Crippen molar-refractivity contribution in [3.05, 3.63) is 82.9 Å². The number of ether oxygens (including phenoxy) is 2. The zero-order valence-electron chi connectivity index (χ0n) is 27.5. The van der Waals surface area contributed by atoms with Crippen molar-refractivity contribution < 1.29 is 45.9 Å². The number of carbonyl (C=O) groups excluding carboxylic acids is 4. The Balaban J connectivity index is 1.92. The minimum Gasteiger partial charge on any atom is -0.494 e. The van der Waals surface area contributed by atoms with Gasteiger partial charge in [0.1, 0.15) is 11.9 Å². The highest BCUT2D eigenvalue weighted by molar-refractivity contribution is 7.90. The molecule has 0 spiro atoms. The molecule has 4 rings (SSSR count). The first-order valence-electron chi connectivity index (χ1n) is 15.1. The number of methoxy groups -OCH3 is 1. The summed E-state index contributed by atoms with van der Waals surface area (Å²) in [7, 11) is 0.261. The maximum atomic E-state index is 15.2. The van der Waals surface area contributed by atoms with Crippen LogP contribution in [0.15, 0.2) is 59.5 Å². The quantitative estimate of drug-likeness (QED) is 0.251. The number of esters is 1. The summed E-state index contributed by atoms with van der Waals surface area (Å²) in [5.41, 5.74) is 5.37.